The Kier molecular flexibility index (Phi) is 3.84. The van der Waals surface area contributed by atoms with E-state index in [0.29, 0.717) is 0 Å². The highest BCUT2D eigenvalue weighted by atomic mass is 35.5. The lowest BCUT2D eigenvalue weighted by Crippen LogP contribution is -2.36. The standard InChI is InChI=1S/C9H15ClN2/c1-8-2-4-12(5-3-8)7-9(10)6-11/h8-9H,2-5,7H2,1H3. The Balaban J connectivity index is 2.22. The van der Waals surface area contributed by atoms with Gasteiger partial charge in [0.2, 0.25) is 0 Å². The molecule has 1 aliphatic heterocycles. The monoisotopic (exact) mass is 186 g/mol. The van der Waals surface area contributed by atoms with Crippen molar-refractivity contribution in [3.05, 3.63) is 0 Å². The minimum Gasteiger partial charge on any atom is -0.301 e. The fourth-order valence-electron chi connectivity index (χ4n) is 1.51. The molecule has 12 heavy (non-hydrogen) atoms. The van der Waals surface area contributed by atoms with Crippen molar-refractivity contribution in [3.8, 4) is 6.07 Å². The van der Waals surface area contributed by atoms with Crippen molar-refractivity contribution < 1.29 is 0 Å². The van der Waals surface area contributed by atoms with Gasteiger partial charge in [-0.15, -0.1) is 11.6 Å². The van der Waals surface area contributed by atoms with E-state index in [4.69, 9.17) is 16.9 Å². The molecule has 1 atom stereocenters. The molecule has 0 aliphatic carbocycles. The average Bonchev–Trinajstić information content (AvgIpc) is 2.09. The zero-order chi connectivity index (χ0) is 8.97. The Hall–Kier alpha value is -0.260. The van der Waals surface area contributed by atoms with Crippen LogP contribution in [0.2, 0.25) is 0 Å². The van der Waals surface area contributed by atoms with Gasteiger partial charge in [-0.1, -0.05) is 6.92 Å². The molecule has 0 bridgehead atoms. The van der Waals surface area contributed by atoms with Gasteiger partial charge in [0.15, 0.2) is 0 Å². The summed E-state index contributed by atoms with van der Waals surface area (Å²) in [6, 6.07) is 2.05. The minimum atomic E-state index is -0.335. The molecule has 68 valence electrons. The first-order chi connectivity index (χ1) is 5.72. The summed E-state index contributed by atoms with van der Waals surface area (Å²) < 4.78 is 0. The normalized spacial score (nSPS) is 23.4. The quantitative estimate of drug-likeness (QED) is 0.616. The molecule has 0 aromatic carbocycles. The summed E-state index contributed by atoms with van der Waals surface area (Å²) in [6.07, 6.45) is 2.49. The maximum absolute atomic E-state index is 8.51. The van der Waals surface area contributed by atoms with Crippen molar-refractivity contribution in [1.82, 2.24) is 4.90 Å². The van der Waals surface area contributed by atoms with Crippen LogP contribution in [0.3, 0.4) is 0 Å². The Morgan fingerprint density at radius 1 is 1.58 bits per heavy atom. The van der Waals surface area contributed by atoms with E-state index >= 15 is 0 Å². The predicted octanol–water partition coefficient (Wildman–Crippen LogP) is 1.85. The Labute approximate surface area is 79.1 Å². The van der Waals surface area contributed by atoms with E-state index in [1.807, 2.05) is 6.07 Å². The van der Waals surface area contributed by atoms with Gasteiger partial charge < -0.3 is 4.90 Å². The van der Waals surface area contributed by atoms with Crippen LogP contribution in [0.1, 0.15) is 19.8 Å². The molecule has 0 aromatic rings. The molecule has 1 aliphatic rings. The molecule has 0 amide bonds. The number of halogens is 1. The molecule has 1 unspecified atom stereocenters. The average molecular weight is 187 g/mol. The molecule has 0 aromatic heterocycles. The van der Waals surface area contributed by atoms with Gasteiger partial charge in [0.05, 0.1) is 6.07 Å². The molecule has 0 N–H and O–H groups in total. The van der Waals surface area contributed by atoms with Gasteiger partial charge in [-0.2, -0.15) is 5.26 Å². The van der Waals surface area contributed by atoms with E-state index in [2.05, 4.69) is 11.8 Å². The topological polar surface area (TPSA) is 27.0 Å². The zero-order valence-corrected chi connectivity index (χ0v) is 8.22. The number of likely N-dealkylation sites (tertiary alicyclic amines) is 1. The lowest BCUT2D eigenvalue weighted by Gasteiger charge is -2.30. The highest BCUT2D eigenvalue weighted by Crippen LogP contribution is 2.16. The first-order valence-electron chi connectivity index (χ1n) is 4.48. The number of piperidine rings is 1. The number of alkyl halides is 1. The largest absolute Gasteiger partial charge is 0.301 e. The molecular weight excluding hydrogens is 172 g/mol. The molecule has 3 heteroatoms. The SMILES string of the molecule is CC1CCN(CC(Cl)C#N)CC1. The fraction of sp³-hybridized carbons (Fsp3) is 0.889. The Morgan fingerprint density at radius 3 is 2.67 bits per heavy atom. The first-order valence-corrected chi connectivity index (χ1v) is 4.92. The molecule has 2 nitrogen and oxygen atoms in total. The van der Waals surface area contributed by atoms with Crippen LogP contribution in [0.25, 0.3) is 0 Å². The van der Waals surface area contributed by atoms with Crippen molar-refractivity contribution in [2.75, 3.05) is 19.6 Å². The first kappa shape index (κ1) is 9.83. The third kappa shape index (κ3) is 3.00. The van der Waals surface area contributed by atoms with Gasteiger partial charge >= 0.3 is 0 Å². The zero-order valence-electron chi connectivity index (χ0n) is 7.46. The van der Waals surface area contributed by atoms with Gasteiger partial charge in [-0.3, -0.25) is 0 Å². The van der Waals surface area contributed by atoms with Crippen LogP contribution in [0.4, 0.5) is 0 Å². The smallest absolute Gasteiger partial charge is 0.133 e. The summed E-state index contributed by atoms with van der Waals surface area (Å²) in [7, 11) is 0. The van der Waals surface area contributed by atoms with E-state index in [1.54, 1.807) is 0 Å². The van der Waals surface area contributed by atoms with Gasteiger partial charge in [0, 0.05) is 6.54 Å². The van der Waals surface area contributed by atoms with Crippen LogP contribution < -0.4 is 0 Å². The van der Waals surface area contributed by atoms with Gasteiger partial charge in [0.1, 0.15) is 5.38 Å². The van der Waals surface area contributed by atoms with Gasteiger partial charge in [0.25, 0.3) is 0 Å². The van der Waals surface area contributed by atoms with Crippen LogP contribution in [0.15, 0.2) is 0 Å². The van der Waals surface area contributed by atoms with E-state index in [1.165, 1.54) is 12.8 Å². The second-order valence-corrected chi connectivity index (χ2v) is 4.11. The van der Waals surface area contributed by atoms with Crippen LogP contribution in [-0.4, -0.2) is 29.9 Å². The molecule has 0 spiro atoms. The van der Waals surface area contributed by atoms with Crippen molar-refractivity contribution in [3.63, 3.8) is 0 Å². The van der Waals surface area contributed by atoms with Crippen molar-refractivity contribution in [2.45, 2.75) is 25.1 Å². The van der Waals surface area contributed by atoms with Gasteiger partial charge in [-0.05, 0) is 31.8 Å². The van der Waals surface area contributed by atoms with Gasteiger partial charge in [-0.25, -0.2) is 0 Å². The molecule has 0 radical (unpaired) electrons. The van der Waals surface area contributed by atoms with Crippen LogP contribution in [0, 0.1) is 17.2 Å². The van der Waals surface area contributed by atoms with Crippen LogP contribution in [-0.2, 0) is 0 Å². The number of hydrogen-bond acceptors (Lipinski definition) is 2. The van der Waals surface area contributed by atoms with Crippen molar-refractivity contribution in [1.29, 1.82) is 5.26 Å². The minimum absolute atomic E-state index is 0.335. The number of rotatable bonds is 2. The highest BCUT2D eigenvalue weighted by molar-refractivity contribution is 6.22. The van der Waals surface area contributed by atoms with Crippen LogP contribution >= 0.6 is 11.6 Å². The highest BCUT2D eigenvalue weighted by Gasteiger charge is 2.17. The molecule has 1 heterocycles. The summed E-state index contributed by atoms with van der Waals surface area (Å²) in [5, 5.41) is 8.17. The number of hydrogen-bond donors (Lipinski definition) is 0. The molecule has 1 fully saturated rings. The summed E-state index contributed by atoms with van der Waals surface area (Å²) >= 11 is 5.73. The molecular formula is C9H15ClN2. The molecule has 1 saturated heterocycles. The maximum Gasteiger partial charge on any atom is 0.133 e. The van der Waals surface area contributed by atoms with E-state index in [9.17, 15) is 0 Å². The second-order valence-electron chi connectivity index (χ2n) is 3.58. The second kappa shape index (κ2) is 4.69. The number of nitriles is 1. The van der Waals surface area contributed by atoms with E-state index in [-0.39, 0.29) is 5.38 Å². The Morgan fingerprint density at radius 2 is 2.17 bits per heavy atom. The lowest BCUT2D eigenvalue weighted by molar-refractivity contribution is 0.197. The van der Waals surface area contributed by atoms with E-state index in [0.717, 1.165) is 25.6 Å². The van der Waals surface area contributed by atoms with Crippen molar-refractivity contribution >= 4 is 11.6 Å². The third-order valence-electron chi connectivity index (χ3n) is 2.43. The van der Waals surface area contributed by atoms with E-state index < -0.39 is 0 Å². The maximum atomic E-state index is 8.51. The van der Waals surface area contributed by atoms with Crippen LogP contribution in [0.5, 0.6) is 0 Å². The Bertz CT molecular complexity index is 168. The summed E-state index contributed by atoms with van der Waals surface area (Å²) in [5.74, 6) is 0.845. The van der Waals surface area contributed by atoms with Crippen molar-refractivity contribution in [2.24, 2.45) is 5.92 Å². The predicted molar refractivity (Wildman–Crippen MR) is 50.1 cm³/mol. The number of nitrogens with zero attached hydrogens (tertiary/aromatic N) is 2. The lowest BCUT2D eigenvalue weighted by atomic mass is 9.99. The summed E-state index contributed by atoms with van der Waals surface area (Å²) in [6.45, 7) is 5.21. The summed E-state index contributed by atoms with van der Waals surface area (Å²) in [5.41, 5.74) is 0. The molecule has 1 rings (SSSR count). The fourth-order valence-corrected chi connectivity index (χ4v) is 1.71. The third-order valence-corrected chi connectivity index (χ3v) is 2.67. The summed E-state index contributed by atoms with van der Waals surface area (Å²) in [4.78, 5) is 2.28. The molecule has 0 saturated carbocycles.